The second-order valence-electron chi connectivity index (χ2n) is 6.49. The van der Waals surface area contributed by atoms with Gasteiger partial charge in [-0.2, -0.15) is 0 Å². The Morgan fingerprint density at radius 2 is 1.33 bits per heavy atom. The van der Waals surface area contributed by atoms with Gasteiger partial charge < -0.3 is 27.2 Å². The molecule has 0 aliphatic rings. The summed E-state index contributed by atoms with van der Waals surface area (Å²) in [6.45, 7) is 2.68. The number of anilines is 4. The number of carbonyl (C=O) groups is 1. The fourth-order valence-corrected chi connectivity index (χ4v) is 2.87. The molecule has 2 aromatic rings. The number of benzene rings is 2. The molecule has 0 aliphatic heterocycles. The average Bonchev–Trinajstić information content (AvgIpc) is 2.63. The van der Waals surface area contributed by atoms with Crippen LogP contribution in [0.5, 0.6) is 0 Å². The maximum Gasteiger partial charge on any atom is 0.329 e. The summed E-state index contributed by atoms with van der Waals surface area (Å²) >= 11 is 0. The first-order valence-corrected chi connectivity index (χ1v) is 8.92. The molecule has 1 atom stereocenters. The summed E-state index contributed by atoms with van der Waals surface area (Å²) < 4.78 is 0. The van der Waals surface area contributed by atoms with Crippen LogP contribution in [0, 0.1) is 0 Å². The monoisotopic (exact) mass is 500 g/mol. The van der Waals surface area contributed by atoms with Crippen LogP contribution in [0.4, 0.5) is 22.7 Å². The molecular weight excluding hydrogens is 470 g/mol. The summed E-state index contributed by atoms with van der Waals surface area (Å²) in [5, 5.41) is 16.3. The van der Waals surface area contributed by atoms with Crippen LogP contribution in [0.3, 0.4) is 0 Å². The van der Waals surface area contributed by atoms with E-state index in [1.807, 2.05) is 43.3 Å². The average molecular weight is 502 g/mol. The minimum Gasteiger partial charge on any atom is -0.480 e. The minimum absolute atomic E-state index is 0. The maximum atomic E-state index is 11.9. The number of nitrogen functional groups attached to an aromatic ring is 2. The standard InChI is InChI=1S/C20H28N4O2.4ClH/c1-2-20(19(25)26,24-18-11-7-16(22)8-12-18)13-3-4-14-23-17-9-5-15(21)6-10-17;;;;/h5-12,23-24H,2-4,13-14,21-22H2,1H3,(H,25,26);4*1H. The lowest BCUT2D eigenvalue weighted by atomic mass is 9.89. The van der Waals surface area contributed by atoms with Gasteiger partial charge in [-0.05, 0) is 74.2 Å². The first-order chi connectivity index (χ1) is 12.4. The zero-order valence-corrected chi connectivity index (χ0v) is 20.1. The van der Waals surface area contributed by atoms with E-state index in [1.54, 1.807) is 12.1 Å². The summed E-state index contributed by atoms with van der Waals surface area (Å²) in [5.41, 5.74) is 13.6. The number of carboxylic acids is 1. The Morgan fingerprint density at radius 3 is 1.77 bits per heavy atom. The molecule has 2 rings (SSSR count). The van der Waals surface area contributed by atoms with Crippen LogP contribution in [-0.2, 0) is 4.79 Å². The summed E-state index contributed by atoms with van der Waals surface area (Å²) in [5.74, 6) is -0.830. The molecule has 0 bridgehead atoms. The number of hydrogen-bond acceptors (Lipinski definition) is 5. The Morgan fingerprint density at radius 1 is 0.867 bits per heavy atom. The van der Waals surface area contributed by atoms with Crippen molar-refractivity contribution in [1.29, 1.82) is 0 Å². The third-order valence-corrected chi connectivity index (χ3v) is 4.58. The minimum atomic E-state index is -0.975. The molecule has 30 heavy (non-hydrogen) atoms. The van der Waals surface area contributed by atoms with Gasteiger partial charge in [-0.1, -0.05) is 6.92 Å². The number of hydrogen-bond donors (Lipinski definition) is 5. The zero-order chi connectivity index (χ0) is 19.0. The van der Waals surface area contributed by atoms with Crippen LogP contribution < -0.4 is 22.1 Å². The summed E-state index contributed by atoms with van der Waals surface area (Å²) in [7, 11) is 0. The molecule has 7 N–H and O–H groups in total. The first kappa shape index (κ1) is 32.9. The van der Waals surface area contributed by atoms with E-state index in [0.717, 1.165) is 36.4 Å². The highest BCUT2D eigenvalue weighted by molar-refractivity contribution is 5.86. The largest absolute Gasteiger partial charge is 0.480 e. The Kier molecular flexibility index (Phi) is 17.6. The molecule has 172 valence electrons. The van der Waals surface area contributed by atoms with E-state index in [2.05, 4.69) is 10.6 Å². The molecule has 0 saturated heterocycles. The van der Waals surface area contributed by atoms with Gasteiger partial charge in [0.25, 0.3) is 0 Å². The van der Waals surface area contributed by atoms with Gasteiger partial charge in [-0.25, -0.2) is 4.79 Å². The number of aliphatic carboxylic acids is 1. The second-order valence-corrected chi connectivity index (χ2v) is 6.49. The Hall–Kier alpha value is -1.73. The fourth-order valence-electron chi connectivity index (χ4n) is 2.87. The van der Waals surface area contributed by atoms with Crippen LogP contribution in [0.2, 0.25) is 0 Å². The highest BCUT2D eigenvalue weighted by Crippen LogP contribution is 2.26. The van der Waals surface area contributed by atoms with Crippen molar-refractivity contribution < 1.29 is 9.90 Å². The lowest BCUT2D eigenvalue weighted by Crippen LogP contribution is -2.46. The van der Waals surface area contributed by atoms with Crippen molar-refractivity contribution in [3.05, 3.63) is 48.5 Å². The van der Waals surface area contributed by atoms with Gasteiger partial charge in [-0.15, -0.1) is 49.6 Å². The molecule has 10 heteroatoms. The molecule has 1 unspecified atom stereocenters. The van der Waals surface area contributed by atoms with Crippen molar-refractivity contribution in [3.8, 4) is 0 Å². The van der Waals surface area contributed by atoms with Crippen molar-refractivity contribution >= 4 is 78.3 Å². The Balaban J connectivity index is -0.00000182. The normalized spacial score (nSPS) is 11.2. The number of nitrogens with one attached hydrogen (secondary N) is 2. The zero-order valence-electron chi connectivity index (χ0n) is 16.8. The lowest BCUT2D eigenvalue weighted by Gasteiger charge is -2.30. The van der Waals surface area contributed by atoms with Crippen LogP contribution in [-0.4, -0.2) is 23.2 Å². The topological polar surface area (TPSA) is 113 Å². The Labute approximate surface area is 203 Å². The smallest absolute Gasteiger partial charge is 0.329 e. The molecule has 0 heterocycles. The van der Waals surface area contributed by atoms with E-state index in [0.29, 0.717) is 18.5 Å². The predicted molar refractivity (Wildman–Crippen MR) is 137 cm³/mol. The first-order valence-electron chi connectivity index (χ1n) is 8.92. The third-order valence-electron chi connectivity index (χ3n) is 4.58. The number of rotatable bonds is 10. The van der Waals surface area contributed by atoms with Gasteiger partial charge in [0.05, 0.1) is 0 Å². The molecule has 0 fully saturated rings. The number of unbranched alkanes of at least 4 members (excludes halogenated alkanes) is 1. The van der Waals surface area contributed by atoms with Gasteiger partial charge in [0.1, 0.15) is 5.54 Å². The predicted octanol–water partition coefficient (Wildman–Crippen LogP) is 5.47. The second kappa shape index (κ2) is 16.0. The van der Waals surface area contributed by atoms with Crippen molar-refractivity contribution in [2.75, 3.05) is 28.6 Å². The van der Waals surface area contributed by atoms with E-state index < -0.39 is 11.5 Å². The molecule has 0 spiro atoms. The molecule has 0 aliphatic carbocycles. The maximum absolute atomic E-state index is 11.9. The van der Waals surface area contributed by atoms with Crippen molar-refractivity contribution in [2.45, 2.75) is 38.1 Å². The molecule has 2 aromatic carbocycles. The summed E-state index contributed by atoms with van der Waals surface area (Å²) in [6.07, 6.45) is 2.72. The number of nitrogens with two attached hydrogens (primary N) is 2. The molecule has 0 saturated carbocycles. The van der Waals surface area contributed by atoms with Gasteiger partial charge in [0, 0.05) is 29.3 Å². The highest BCUT2D eigenvalue weighted by atomic mass is 35.5. The van der Waals surface area contributed by atoms with Gasteiger partial charge in [0.15, 0.2) is 0 Å². The van der Waals surface area contributed by atoms with E-state index in [-0.39, 0.29) is 49.6 Å². The van der Waals surface area contributed by atoms with E-state index in [4.69, 9.17) is 11.5 Å². The van der Waals surface area contributed by atoms with Crippen LogP contribution in [0.15, 0.2) is 48.5 Å². The van der Waals surface area contributed by atoms with E-state index in [9.17, 15) is 9.90 Å². The molecule has 0 aromatic heterocycles. The van der Waals surface area contributed by atoms with Crippen LogP contribution in [0.25, 0.3) is 0 Å². The number of carboxylic acid groups (broad SMARTS) is 1. The van der Waals surface area contributed by atoms with Crippen LogP contribution in [0.1, 0.15) is 32.6 Å². The van der Waals surface area contributed by atoms with E-state index >= 15 is 0 Å². The van der Waals surface area contributed by atoms with Gasteiger partial charge in [0.2, 0.25) is 0 Å². The summed E-state index contributed by atoms with van der Waals surface area (Å²) in [6, 6.07) is 14.7. The summed E-state index contributed by atoms with van der Waals surface area (Å²) in [4.78, 5) is 11.9. The van der Waals surface area contributed by atoms with Gasteiger partial charge in [-0.3, -0.25) is 0 Å². The molecule has 0 radical (unpaired) electrons. The van der Waals surface area contributed by atoms with Crippen LogP contribution >= 0.6 is 49.6 Å². The molecule has 0 amide bonds. The van der Waals surface area contributed by atoms with Crippen molar-refractivity contribution in [1.82, 2.24) is 0 Å². The Bertz CT molecular complexity index is 718. The van der Waals surface area contributed by atoms with Gasteiger partial charge >= 0.3 is 5.97 Å². The van der Waals surface area contributed by atoms with Crippen molar-refractivity contribution in [3.63, 3.8) is 0 Å². The molecule has 6 nitrogen and oxygen atoms in total. The SMILES string of the molecule is CCC(CCCCNc1ccc(N)cc1)(Nc1ccc(N)cc1)C(=O)O.Cl.Cl.Cl.Cl. The van der Waals surface area contributed by atoms with E-state index in [1.165, 1.54) is 0 Å². The van der Waals surface area contributed by atoms with Crippen molar-refractivity contribution in [2.24, 2.45) is 0 Å². The third kappa shape index (κ3) is 9.85. The number of halogens is 4. The molecular formula is C20H32Cl4N4O2. The highest BCUT2D eigenvalue weighted by Gasteiger charge is 2.35. The fraction of sp³-hybridized carbons (Fsp3) is 0.350. The lowest BCUT2D eigenvalue weighted by molar-refractivity contribution is -0.142. The quantitative estimate of drug-likeness (QED) is 0.218.